The summed E-state index contributed by atoms with van der Waals surface area (Å²) < 4.78 is 2.31. The van der Waals surface area contributed by atoms with Crippen LogP contribution < -0.4 is 5.32 Å². The summed E-state index contributed by atoms with van der Waals surface area (Å²) >= 11 is 0. The van der Waals surface area contributed by atoms with Crippen molar-refractivity contribution in [3.63, 3.8) is 0 Å². The van der Waals surface area contributed by atoms with Crippen molar-refractivity contribution in [2.24, 2.45) is 0 Å². The Morgan fingerprint density at radius 1 is 1.17 bits per heavy atom. The summed E-state index contributed by atoms with van der Waals surface area (Å²) in [6.07, 6.45) is 6.94. The number of benzene rings is 1. The zero-order valence-electron chi connectivity index (χ0n) is 14.7. The Morgan fingerprint density at radius 2 is 1.92 bits per heavy atom. The molecule has 0 atom stereocenters. The highest BCUT2D eigenvalue weighted by molar-refractivity contribution is 5.95. The molecule has 1 saturated carbocycles. The fraction of sp³-hybridized carbons (Fsp3) is 0.476. The number of carbonyl (C=O) groups excluding carboxylic acids is 1. The lowest BCUT2D eigenvalue weighted by molar-refractivity contribution is 0.0941. The summed E-state index contributed by atoms with van der Waals surface area (Å²) in [5.41, 5.74) is 7.52. The van der Waals surface area contributed by atoms with Gasteiger partial charge in [0, 0.05) is 18.3 Å². The van der Waals surface area contributed by atoms with E-state index in [9.17, 15) is 4.79 Å². The van der Waals surface area contributed by atoms with E-state index in [-0.39, 0.29) is 5.91 Å². The Kier molecular flexibility index (Phi) is 3.95. The topological polar surface area (TPSA) is 34.0 Å². The van der Waals surface area contributed by atoms with Crippen LogP contribution >= 0.6 is 0 Å². The van der Waals surface area contributed by atoms with Crippen LogP contribution in [-0.2, 0) is 19.4 Å². The molecule has 0 unspecified atom stereocenters. The molecule has 1 aromatic carbocycles. The Morgan fingerprint density at radius 3 is 2.67 bits per heavy atom. The second-order valence-corrected chi connectivity index (χ2v) is 7.37. The third-order valence-corrected chi connectivity index (χ3v) is 5.56. The summed E-state index contributed by atoms with van der Waals surface area (Å²) in [5, 5.41) is 3.20. The zero-order chi connectivity index (χ0) is 16.7. The van der Waals surface area contributed by atoms with Crippen LogP contribution in [0.5, 0.6) is 0 Å². The van der Waals surface area contributed by atoms with Gasteiger partial charge in [0.1, 0.15) is 5.69 Å². The van der Waals surface area contributed by atoms with Gasteiger partial charge in [-0.1, -0.05) is 24.3 Å². The summed E-state index contributed by atoms with van der Waals surface area (Å²) in [4.78, 5) is 12.9. The van der Waals surface area contributed by atoms with Gasteiger partial charge in [-0.05, 0) is 74.6 Å². The minimum absolute atomic E-state index is 0.123. The molecule has 0 radical (unpaired) electrons. The van der Waals surface area contributed by atoms with Crippen molar-refractivity contribution in [2.75, 3.05) is 0 Å². The number of nitrogens with one attached hydrogen (secondary N) is 1. The highest BCUT2D eigenvalue weighted by atomic mass is 16.2. The lowest BCUT2D eigenvalue weighted by Gasteiger charge is -2.18. The number of hydrogen-bond donors (Lipinski definition) is 1. The third kappa shape index (κ3) is 2.77. The monoisotopic (exact) mass is 322 g/mol. The minimum Gasteiger partial charge on any atom is -0.348 e. The van der Waals surface area contributed by atoms with Crippen LogP contribution in [0.2, 0.25) is 0 Å². The molecule has 2 aliphatic carbocycles. The number of fused-ring (bicyclic) bond motifs is 1. The van der Waals surface area contributed by atoms with Gasteiger partial charge in [-0.25, -0.2) is 0 Å². The second-order valence-electron chi connectivity index (χ2n) is 7.37. The minimum atomic E-state index is 0.123. The lowest BCUT2D eigenvalue weighted by atomic mass is 9.95. The molecule has 126 valence electrons. The third-order valence-electron chi connectivity index (χ3n) is 5.56. The Bertz CT molecular complexity index is 783. The summed E-state index contributed by atoms with van der Waals surface area (Å²) in [6, 6.07) is 8.91. The van der Waals surface area contributed by atoms with Crippen molar-refractivity contribution in [3.8, 4) is 0 Å². The number of nitrogens with zero attached hydrogens (tertiary/aromatic N) is 1. The van der Waals surface area contributed by atoms with E-state index in [4.69, 9.17) is 0 Å². The highest BCUT2D eigenvalue weighted by Gasteiger charge is 2.30. The number of rotatable bonds is 4. The highest BCUT2D eigenvalue weighted by Crippen LogP contribution is 2.31. The number of hydrogen-bond acceptors (Lipinski definition) is 1. The maximum Gasteiger partial charge on any atom is 0.268 e. The van der Waals surface area contributed by atoms with E-state index in [0.717, 1.165) is 37.9 Å². The maximum absolute atomic E-state index is 12.9. The molecule has 1 heterocycles. The van der Waals surface area contributed by atoms with E-state index >= 15 is 0 Å². The van der Waals surface area contributed by atoms with Gasteiger partial charge in [-0.2, -0.15) is 0 Å². The van der Waals surface area contributed by atoms with E-state index in [1.165, 1.54) is 40.8 Å². The Balaban J connectivity index is 1.77. The molecule has 1 fully saturated rings. The van der Waals surface area contributed by atoms with Gasteiger partial charge in [0.2, 0.25) is 0 Å². The van der Waals surface area contributed by atoms with Crippen molar-refractivity contribution in [3.05, 3.63) is 57.9 Å². The smallest absolute Gasteiger partial charge is 0.268 e. The average Bonchev–Trinajstić information content (AvgIpc) is 3.35. The molecule has 3 nitrogen and oxygen atoms in total. The SMILES string of the molecule is Cc1ccccc1Cn1c2c(c(C)c1C(=O)NC1CC1)CCCC2. The first kappa shape index (κ1) is 15.5. The molecule has 0 aliphatic heterocycles. The van der Waals surface area contributed by atoms with E-state index in [1.807, 2.05) is 0 Å². The fourth-order valence-electron chi connectivity index (χ4n) is 3.98. The van der Waals surface area contributed by atoms with Gasteiger partial charge >= 0.3 is 0 Å². The quantitative estimate of drug-likeness (QED) is 0.909. The first-order valence-electron chi connectivity index (χ1n) is 9.21. The van der Waals surface area contributed by atoms with Crippen LogP contribution in [0.1, 0.15) is 64.1 Å². The van der Waals surface area contributed by atoms with Gasteiger partial charge in [0.25, 0.3) is 5.91 Å². The van der Waals surface area contributed by atoms with Crippen LogP contribution in [0.4, 0.5) is 0 Å². The van der Waals surface area contributed by atoms with Crippen molar-refractivity contribution < 1.29 is 4.79 Å². The lowest BCUT2D eigenvalue weighted by Crippen LogP contribution is -2.29. The van der Waals surface area contributed by atoms with Crippen LogP contribution in [0.25, 0.3) is 0 Å². The molecule has 1 N–H and O–H groups in total. The maximum atomic E-state index is 12.9. The van der Waals surface area contributed by atoms with Gasteiger partial charge < -0.3 is 9.88 Å². The van der Waals surface area contributed by atoms with Crippen LogP contribution in [-0.4, -0.2) is 16.5 Å². The first-order valence-corrected chi connectivity index (χ1v) is 9.21. The molecular formula is C21H26N2O. The average molecular weight is 322 g/mol. The molecule has 1 aromatic heterocycles. The molecule has 4 rings (SSSR count). The van der Waals surface area contributed by atoms with E-state index < -0.39 is 0 Å². The largest absolute Gasteiger partial charge is 0.348 e. The van der Waals surface area contributed by atoms with Gasteiger partial charge in [-0.15, -0.1) is 0 Å². The number of carbonyl (C=O) groups is 1. The molecule has 0 saturated heterocycles. The summed E-state index contributed by atoms with van der Waals surface area (Å²) in [6.45, 7) is 5.10. The van der Waals surface area contributed by atoms with E-state index in [2.05, 4.69) is 48.0 Å². The van der Waals surface area contributed by atoms with Crippen molar-refractivity contribution >= 4 is 5.91 Å². The molecular weight excluding hydrogens is 296 g/mol. The Hall–Kier alpha value is -2.03. The summed E-state index contributed by atoms with van der Waals surface area (Å²) in [5.74, 6) is 0.123. The van der Waals surface area contributed by atoms with Crippen LogP contribution in [0.3, 0.4) is 0 Å². The van der Waals surface area contributed by atoms with Crippen molar-refractivity contribution in [1.29, 1.82) is 0 Å². The normalized spacial score (nSPS) is 16.8. The van der Waals surface area contributed by atoms with E-state index in [1.54, 1.807) is 0 Å². The molecule has 2 aromatic rings. The molecule has 3 heteroatoms. The van der Waals surface area contributed by atoms with Crippen LogP contribution in [0.15, 0.2) is 24.3 Å². The molecule has 24 heavy (non-hydrogen) atoms. The number of amides is 1. The Labute approximate surface area is 144 Å². The predicted octanol–water partition coefficient (Wildman–Crippen LogP) is 3.92. The fourth-order valence-corrected chi connectivity index (χ4v) is 3.98. The van der Waals surface area contributed by atoms with Gasteiger partial charge in [-0.3, -0.25) is 4.79 Å². The standard InChI is InChI=1S/C21H26N2O/c1-14-7-3-4-8-16(14)13-23-19-10-6-5-9-18(19)15(2)20(23)21(24)22-17-11-12-17/h3-4,7-8,17H,5-6,9-13H2,1-2H3,(H,22,24). The number of aromatic nitrogens is 1. The molecule has 0 spiro atoms. The molecule has 0 bridgehead atoms. The van der Waals surface area contributed by atoms with Gasteiger partial charge in [0.15, 0.2) is 0 Å². The molecule has 2 aliphatic rings. The first-order chi connectivity index (χ1) is 11.6. The second kappa shape index (κ2) is 6.12. The van der Waals surface area contributed by atoms with Crippen molar-refractivity contribution in [1.82, 2.24) is 9.88 Å². The van der Waals surface area contributed by atoms with Crippen LogP contribution in [0, 0.1) is 13.8 Å². The molecule has 1 amide bonds. The number of aryl methyl sites for hydroxylation is 1. The predicted molar refractivity (Wildman–Crippen MR) is 96.6 cm³/mol. The van der Waals surface area contributed by atoms with Gasteiger partial charge in [0.05, 0.1) is 0 Å². The van der Waals surface area contributed by atoms with E-state index in [0.29, 0.717) is 6.04 Å². The summed E-state index contributed by atoms with van der Waals surface area (Å²) in [7, 11) is 0. The van der Waals surface area contributed by atoms with Crippen molar-refractivity contribution in [2.45, 2.75) is 65.0 Å². The zero-order valence-corrected chi connectivity index (χ0v) is 14.7.